The highest BCUT2D eigenvalue weighted by atomic mass is 16.4. The minimum absolute atomic E-state index is 0.622. The zero-order valence-corrected chi connectivity index (χ0v) is 9.15. The molecule has 0 spiro atoms. The Morgan fingerprint density at radius 2 is 2.00 bits per heavy atom. The summed E-state index contributed by atoms with van der Waals surface area (Å²) in [4.78, 5) is 13.6. The fourth-order valence-corrected chi connectivity index (χ4v) is 0.516. The third-order valence-electron chi connectivity index (χ3n) is 0.887. The molecular formula is C10H18N2O2. The van der Waals surface area contributed by atoms with Crippen LogP contribution in [0.15, 0.2) is 24.5 Å². The lowest BCUT2D eigenvalue weighted by Crippen LogP contribution is -1.92. The van der Waals surface area contributed by atoms with Crippen LogP contribution >= 0.6 is 0 Å². The first kappa shape index (κ1) is 15.1. The van der Waals surface area contributed by atoms with Crippen LogP contribution in [0.1, 0.15) is 13.8 Å². The van der Waals surface area contributed by atoms with Gasteiger partial charge in [0.1, 0.15) is 0 Å². The van der Waals surface area contributed by atoms with Crippen molar-refractivity contribution in [1.29, 1.82) is 0 Å². The van der Waals surface area contributed by atoms with Crippen LogP contribution < -0.4 is 5.32 Å². The van der Waals surface area contributed by atoms with Crippen molar-refractivity contribution in [2.24, 2.45) is 0 Å². The lowest BCUT2D eigenvalue weighted by atomic mass is 10.4. The molecule has 0 aliphatic carbocycles. The van der Waals surface area contributed by atoms with Crippen molar-refractivity contribution in [3.63, 3.8) is 0 Å². The van der Waals surface area contributed by atoms with Crippen LogP contribution in [-0.4, -0.2) is 25.6 Å². The number of ether oxygens (including phenoxy) is 1. The topological polar surface area (TPSA) is 51.2 Å². The van der Waals surface area contributed by atoms with E-state index in [1.54, 1.807) is 38.7 Å². The number of nitrogens with zero attached hydrogens (tertiary/aromatic N) is 1. The summed E-state index contributed by atoms with van der Waals surface area (Å²) in [6, 6.07) is 3.52. The van der Waals surface area contributed by atoms with Crippen LogP contribution in [0.2, 0.25) is 0 Å². The van der Waals surface area contributed by atoms with Crippen molar-refractivity contribution in [2.45, 2.75) is 13.8 Å². The summed E-state index contributed by atoms with van der Waals surface area (Å²) >= 11 is 0. The summed E-state index contributed by atoms with van der Waals surface area (Å²) < 4.78 is 4.25. The Hall–Kier alpha value is -1.42. The zero-order chi connectivity index (χ0) is 11.2. The maximum atomic E-state index is 9.84. The Kier molecular flexibility index (Phi) is 15.2. The van der Waals surface area contributed by atoms with Crippen LogP contribution in [0, 0.1) is 0 Å². The number of rotatable bonds is 2. The Morgan fingerprint density at radius 1 is 1.43 bits per heavy atom. The zero-order valence-electron chi connectivity index (χ0n) is 9.15. The highest BCUT2D eigenvalue weighted by molar-refractivity contribution is 5.70. The molecular weight excluding hydrogens is 180 g/mol. The third-order valence-corrected chi connectivity index (χ3v) is 0.887. The maximum absolute atomic E-state index is 9.84. The van der Waals surface area contributed by atoms with Gasteiger partial charge < -0.3 is 10.1 Å². The van der Waals surface area contributed by atoms with Crippen molar-refractivity contribution in [2.75, 3.05) is 19.5 Å². The molecule has 80 valence electrons. The quantitative estimate of drug-likeness (QED) is 0.739. The van der Waals surface area contributed by atoms with Crippen molar-refractivity contribution in [1.82, 2.24) is 4.98 Å². The molecule has 0 aliphatic heterocycles. The van der Waals surface area contributed by atoms with Gasteiger partial charge in [0.25, 0.3) is 0 Å². The lowest BCUT2D eigenvalue weighted by molar-refractivity contribution is -0.105. The van der Waals surface area contributed by atoms with Gasteiger partial charge in [-0.15, -0.1) is 0 Å². The molecule has 1 aromatic heterocycles. The number of pyridine rings is 1. The average molecular weight is 198 g/mol. The van der Waals surface area contributed by atoms with E-state index in [4.69, 9.17) is 0 Å². The summed E-state index contributed by atoms with van der Waals surface area (Å²) in [5.41, 5.74) is 0.715. The van der Waals surface area contributed by atoms with Crippen molar-refractivity contribution in [3.8, 4) is 0 Å². The van der Waals surface area contributed by atoms with Crippen molar-refractivity contribution in [3.05, 3.63) is 24.5 Å². The number of hydrogen-bond acceptors (Lipinski definition) is 3. The van der Waals surface area contributed by atoms with E-state index in [2.05, 4.69) is 15.0 Å². The molecule has 4 heteroatoms. The summed E-state index contributed by atoms with van der Waals surface area (Å²) in [7, 11) is 3.25. The van der Waals surface area contributed by atoms with Gasteiger partial charge in [0.2, 0.25) is 6.41 Å². The predicted molar refractivity (Wildman–Crippen MR) is 58.2 cm³/mol. The van der Waals surface area contributed by atoms with Crippen LogP contribution in [0.25, 0.3) is 0 Å². The molecule has 0 unspecified atom stereocenters. The molecule has 1 heterocycles. The molecule has 0 aromatic carbocycles. The lowest BCUT2D eigenvalue weighted by Gasteiger charge is -1.92. The first-order valence-corrected chi connectivity index (χ1v) is 4.35. The smallest absolute Gasteiger partial charge is 0.211 e. The molecule has 0 bridgehead atoms. The van der Waals surface area contributed by atoms with E-state index in [0.29, 0.717) is 12.1 Å². The van der Waals surface area contributed by atoms with Crippen LogP contribution in [0.4, 0.5) is 5.69 Å². The minimum Gasteiger partial charge on any atom is -0.388 e. The number of carbonyl (C=O) groups is 1. The fraction of sp³-hybridized carbons (Fsp3) is 0.400. The molecule has 0 atom stereocenters. The molecule has 1 N–H and O–H groups in total. The molecule has 1 rings (SSSR count). The molecule has 0 saturated heterocycles. The van der Waals surface area contributed by atoms with Crippen LogP contribution in [-0.2, 0) is 9.53 Å². The van der Waals surface area contributed by atoms with E-state index < -0.39 is 0 Å². The Bertz CT molecular complexity index is 203. The van der Waals surface area contributed by atoms with Crippen molar-refractivity contribution < 1.29 is 9.53 Å². The molecule has 0 aliphatic rings. The second-order valence-corrected chi connectivity index (χ2v) is 1.91. The van der Waals surface area contributed by atoms with Gasteiger partial charge >= 0.3 is 0 Å². The van der Waals surface area contributed by atoms with E-state index in [9.17, 15) is 4.79 Å². The number of methoxy groups -OCH3 is 1. The number of carbonyl (C=O) groups excluding carboxylic acids is 1. The average Bonchev–Trinajstić information content (AvgIpc) is 2.24. The van der Waals surface area contributed by atoms with Crippen LogP contribution in [0.3, 0.4) is 0 Å². The molecule has 14 heavy (non-hydrogen) atoms. The number of amides is 1. The van der Waals surface area contributed by atoms with Gasteiger partial charge in [-0.3, -0.25) is 9.78 Å². The monoisotopic (exact) mass is 198 g/mol. The highest BCUT2D eigenvalue weighted by Crippen LogP contribution is 1.98. The Balaban J connectivity index is 0. The number of nitrogens with one attached hydrogen (secondary N) is 1. The van der Waals surface area contributed by atoms with Gasteiger partial charge in [0.15, 0.2) is 0 Å². The third kappa shape index (κ3) is 10.6. The molecule has 0 fully saturated rings. The van der Waals surface area contributed by atoms with E-state index in [1.807, 2.05) is 13.8 Å². The largest absolute Gasteiger partial charge is 0.388 e. The predicted octanol–water partition coefficient (Wildman–Crippen LogP) is 1.94. The second-order valence-electron chi connectivity index (χ2n) is 1.91. The SMILES string of the molecule is CC.COC.O=CNc1cccnc1. The first-order chi connectivity index (χ1) is 6.85. The van der Waals surface area contributed by atoms with E-state index in [1.165, 1.54) is 0 Å². The highest BCUT2D eigenvalue weighted by Gasteiger charge is 1.82. The van der Waals surface area contributed by atoms with Gasteiger partial charge in [-0.25, -0.2) is 0 Å². The summed E-state index contributed by atoms with van der Waals surface area (Å²) in [5, 5.41) is 2.46. The van der Waals surface area contributed by atoms with Crippen LogP contribution in [0.5, 0.6) is 0 Å². The molecule has 1 amide bonds. The number of hydrogen-bond donors (Lipinski definition) is 1. The minimum atomic E-state index is 0.622. The van der Waals surface area contributed by atoms with Crippen molar-refractivity contribution >= 4 is 12.1 Å². The molecule has 4 nitrogen and oxygen atoms in total. The van der Waals surface area contributed by atoms with Gasteiger partial charge in [-0.1, -0.05) is 13.8 Å². The van der Waals surface area contributed by atoms with E-state index in [-0.39, 0.29) is 0 Å². The van der Waals surface area contributed by atoms with Gasteiger partial charge in [-0.2, -0.15) is 0 Å². The summed E-state index contributed by atoms with van der Waals surface area (Å²) in [6.07, 6.45) is 3.85. The Morgan fingerprint density at radius 3 is 2.36 bits per heavy atom. The summed E-state index contributed by atoms with van der Waals surface area (Å²) in [6.45, 7) is 4.00. The molecule has 1 aromatic rings. The summed E-state index contributed by atoms with van der Waals surface area (Å²) in [5.74, 6) is 0. The first-order valence-electron chi connectivity index (χ1n) is 4.35. The van der Waals surface area contributed by atoms with E-state index >= 15 is 0 Å². The normalized spacial score (nSPS) is 7.14. The maximum Gasteiger partial charge on any atom is 0.211 e. The Labute approximate surface area is 85.3 Å². The number of aromatic nitrogens is 1. The number of anilines is 1. The van der Waals surface area contributed by atoms with Gasteiger partial charge in [0, 0.05) is 20.4 Å². The molecule has 0 saturated carbocycles. The standard InChI is InChI=1S/C6H6N2O.C2H6O.C2H6/c9-5-8-6-2-1-3-7-4-6;1-3-2;1-2/h1-5H,(H,8,9);1-2H3;1-2H3. The van der Waals surface area contributed by atoms with Gasteiger partial charge in [-0.05, 0) is 12.1 Å². The molecule has 0 radical (unpaired) electrons. The van der Waals surface area contributed by atoms with Gasteiger partial charge in [0.05, 0.1) is 11.9 Å². The second kappa shape index (κ2) is 14.1. The fourth-order valence-electron chi connectivity index (χ4n) is 0.516. The van der Waals surface area contributed by atoms with E-state index in [0.717, 1.165) is 0 Å².